The van der Waals surface area contributed by atoms with Crippen molar-refractivity contribution < 1.29 is 14.6 Å². The molecule has 0 radical (unpaired) electrons. The van der Waals surface area contributed by atoms with Gasteiger partial charge in [-0.2, -0.15) is 0 Å². The molecule has 0 bridgehead atoms. The highest BCUT2D eigenvalue weighted by atomic mass is 16.5. The average Bonchev–Trinajstić information content (AvgIpc) is 2.45. The van der Waals surface area contributed by atoms with Crippen molar-refractivity contribution in [1.82, 2.24) is 4.90 Å². The van der Waals surface area contributed by atoms with Gasteiger partial charge in [0.25, 0.3) is 0 Å². The number of carbonyl (C=O) groups excluding carboxylic acids is 1. The van der Waals surface area contributed by atoms with Gasteiger partial charge in [-0.25, -0.2) is 4.79 Å². The maximum atomic E-state index is 11.3. The van der Waals surface area contributed by atoms with Gasteiger partial charge in [-0.1, -0.05) is 25.5 Å². The van der Waals surface area contributed by atoms with Crippen LogP contribution in [0.1, 0.15) is 35.7 Å². The van der Waals surface area contributed by atoms with E-state index < -0.39 is 0 Å². The summed E-state index contributed by atoms with van der Waals surface area (Å²) < 4.78 is 4.67. The molecule has 0 aliphatic heterocycles. The summed E-state index contributed by atoms with van der Waals surface area (Å²) in [6, 6.07) is 7.42. The third-order valence-electron chi connectivity index (χ3n) is 3.03. The van der Waals surface area contributed by atoms with Crippen LogP contribution in [0.5, 0.6) is 0 Å². The Balaban J connectivity index is 2.60. The molecule has 4 nitrogen and oxygen atoms in total. The van der Waals surface area contributed by atoms with E-state index in [4.69, 9.17) is 5.11 Å². The molecule has 19 heavy (non-hydrogen) atoms. The smallest absolute Gasteiger partial charge is 0.337 e. The van der Waals surface area contributed by atoms with Crippen LogP contribution in [0.15, 0.2) is 24.3 Å². The second-order valence-electron chi connectivity index (χ2n) is 4.54. The Morgan fingerprint density at radius 3 is 2.47 bits per heavy atom. The van der Waals surface area contributed by atoms with Gasteiger partial charge < -0.3 is 9.84 Å². The summed E-state index contributed by atoms with van der Waals surface area (Å²) in [5.74, 6) is -0.315. The fourth-order valence-electron chi connectivity index (χ4n) is 1.92. The molecule has 4 heteroatoms. The topological polar surface area (TPSA) is 49.8 Å². The molecule has 0 unspecified atom stereocenters. The molecule has 0 heterocycles. The van der Waals surface area contributed by atoms with Crippen LogP contribution >= 0.6 is 0 Å². The van der Waals surface area contributed by atoms with Crippen LogP contribution < -0.4 is 0 Å². The number of methoxy groups -OCH3 is 1. The van der Waals surface area contributed by atoms with E-state index in [0.717, 1.165) is 31.5 Å². The molecule has 0 fully saturated rings. The fraction of sp³-hybridized carbons (Fsp3) is 0.533. The molecule has 0 saturated heterocycles. The lowest BCUT2D eigenvalue weighted by Crippen LogP contribution is -2.27. The third kappa shape index (κ3) is 5.41. The molecular weight excluding hydrogens is 242 g/mol. The number of hydrogen-bond donors (Lipinski definition) is 1. The standard InChI is InChI=1S/C15H23NO3/c1-3-4-9-16(10-11-17)12-13-5-7-14(8-6-13)15(18)19-2/h5-8,17H,3-4,9-12H2,1-2H3. The predicted octanol–water partition coefficient (Wildman–Crippen LogP) is 2.07. The number of aliphatic hydroxyl groups excluding tert-OH is 1. The molecule has 0 aliphatic carbocycles. The van der Waals surface area contributed by atoms with Crippen LogP contribution in [0.3, 0.4) is 0 Å². The Kier molecular flexibility index (Phi) is 7.15. The summed E-state index contributed by atoms with van der Waals surface area (Å²) in [7, 11) is 1.38. The number of aliphatic hydroxyl groups is 1. The van der Waals surface area contributed by atoms with Crippen LogP contribution in [0.2, 0.25) is 0 Å². The van der Waals surface area contributed by atoms with E-state index in [0.29, 0.717) is 12.1 Å². The molecule has 0 spiro atoms. The Morgan fingerprint density at radius 1 is 1.26 bits per heavy atom. The summed E-state index contributed by atoms with van der Waals surface area (Å²) in [6.07, 6.45) is 2.27. The van der Waals surface area contributed by atoms with Gasteiger partial charge in [-0.05, 0) is 30.7 Å². The molecule has 1 rings (SSSR count). The van der Waals surface area contributed by atoms with Gasteiger partial charge in [-0.15, -0.1) is 0 Å². The summed E-state index contributed by atoms with van der Waals surface area (Å²) in [5.41, 5.74) is 1.70. The second kappa shape index (κ2) is 8.67. The molecule has 0 aromatic heterocycles. The van der Waals surface area contributed by atoms with Crippen molar-refractivity contribution in [2.75, 3.05) is 26.8 Å². The number of carbonyl (C=O) groups is 1. The molecule has 1 aromatic rings. The average molecular weight is 265 g/mol. The highest BCUT2D eigenvalue weighted by Crippen LogP contribution is 2.09. The lowest BCUT2D eigenvalue weighted by Gasteiger charge is -2.21. The van der Waals surface area contributed by atoms with E-state index in [9.17, 15) is 4.79 Å². The van der Waals surface area contributed by atoms with E-state index in [2.05, 4.69) is 16.6 Å². The Morgan fingerprint density at radius 2 is 1.95 bits per heavy atom. The second-order valence-corrected chi connectivity index (χ2v) is 4.54. The largest absolute Gasteiger partial charge is 0.465 e. The van der Waals surface area contributed by atoms with Crippen LogP contribution in [0, 0.1) is 0 Å². The van der Waals surface area contributed by atoms with Gasteiger partial charge in [0.2, 0.25) is 0 Å². The van der Waals surface area contributed by atoms with Crippen LogP contribution in [0.4, 0.5) is 0 Å². The zero-order valence-corrected chi connectivity index (χ0v) is 11.8. The number of hydrogen-bond acceptors (Lipinski definition) is 4. The summed E-state index contributed by atoms with van der Waals surface area (Å²) >= 11 is 0. The number of unbranched alkanes of at least 4 members (excludes halogenated alkanes) is 1. The number of benzene rings is 1. The SMILES string of the molecule is CCCCN(CCO)Cc1ccc(C(=O)OC)cc1. The van der Waals surface area contributed by atoms with Crippen LogP contribution in [0.25, 0.3) is 0 Å². The van der Waals surface area contributed by atoms with Gasteiger partial charge in [0.1, 0.15) is 0 Å². The zero-order chi connectivity index (χ0) is 14.1. The predicted molar refractivity (Wildman–Crippen MR) is 75.1 cm³/mol. The van der Waals surface area contributed by atoms with Gasteiger partial charge in [0.15, 0.2) is 0 Å². The van der Waals surface area contributed by atoms with Gasteiger partial charge in [0.05, 0.1) is 19.3 Å². The van der Waals surface area contributed by atoms with E-state index in [1.807, 2.05) is 12.1 Å². The summed E-state index contributed by atoms with van der Waals surface area (Å²) in [6.45, 7) is 4.78. The number of ether oxygens (including phenoxy) is 1. The van der Waals surface area contributed by atoms with Crippen LogP contribution in [-0.2, 0) is 11.3 Å². The zero-order valence-electron chi connectivity index (χ0n) is 11.8. The first-order valence-corrected chi connectivity index (χ1v) is 6.71. The van der Waals surface area contributed by atoms with Crippen molar-refractivity contribution in [3.63, 3.8) is 0 Å². The van der Waals surface area contributed by atoms with Crippen molar-refractivity contribution in [3.8, 4) is 0 Å². The molecule has 0 aliphatic rings. The lowest BCUT2D eigenvalue weighted by molar-refractivity contribution is 0.0600. The maximum absolute atomic E-state index is 11.3. The van der Waals surface area contributed by atoms with E-state index in [1.165, 1.54) is 7.11 Å². The monoisotopic (exact) mass is 265 g/mol. The molecule has 106 valence electrons. The molecule has 1 aromatic carbocycles. The molecule has 1 N–H and O–H groups in total. The number of rotatable bonds is 8. The summed E-state index contributed by atoms with van der Waals surface area (Å²) in [4.78, 5) is 13.5. The molecule has 0 atom stereocenters. The number of nitrogens with zero attached hydrogens (tertiary/aromatic N) is 1. The Hall–Kier alpha value is -1.39. The fourth-order valence-corrected chi connectivity index (χ4v) is 1.92. The summed E-state index contributed by atoms with van der Waals surface area (Å²) in [5, 5.41) is 9.06. The van der Waals surface area contributed by atoms with E-state index in [1.54, 1.807) is 12.1 Å². The molecule has 0 amide bonds. The molecule has 0 saturated carbocycles. The minimum absolute atomic E-state index is 0.171. The maximum Gasteiger partial charge on any atom is 0.337 e. The minimum atomic E-state index is -0.315. The third-order valence-corrected chi connectivity index (χ3v) is 3.03. The number of esters is 1. The first-order valence-electron chi connectivity index (χ1n) is 6.71. The van der Waals surface area contributed by atoms with Crippen molar-refractivity contribution in [1.29, 1.82) is 0 Å². The van der Waals surface area contributed by atoms with Crippen molar-refractivity contribution in [2.45, 2.75) is 26.3 Å². The van der Waals surface area contributed by atoms with Crippen LogP contribution in [-0.4, -0.2) is 42.8 Å². The van der Waals surface area contributed by atoms with E-state index >= 15 is 0 Å². The highest BCUT2D eigenvalue weighted by molar-refractivity contribution is 5.89. The van der Waals surface area contributed by atoms with Crippen molar-refractivity contribution in [3.05, 3.63) is 35.4 Å². The van der Waals surface area contributed by atoms with Crippen molar-refractivity contribution in [2.24, 2.45) is 0 Å². The van der Waals surface area contributed by atoms with Crippen molar-refractivity contribution >= 4 is 5.97 Å². The normalized spacial score (nSPS) is 10.7. The van der Waals surface area contributed by atoms with Gasteiger partial charge >= 0.3 is 5.97 Å². The Labute approximate surface area is 115 Å². The van der Waals surface area contributed by atoms with Gasteiger partial charge in [0, 0.05) is 13.1 Å². The lowest BCUT2D eigenvalue weighted by atomic mass is 10.1. The molecular formula is C15H23NO3. The Bertz CT molecular complexity index is 375. The van der Waals surface area contributed by atoms with E-state index in [-0.39, 0.29) is 12.6 Å². The minimum Gasteiger partial charge on any atom is -0.465 e. The first-order chi connectivity index (χ1) is 9.21. The quantitative estimate of drug-likeness (QED) is 0.731. The first kappa shape index (κ1) is 15.7. The van der Waals surface area contributed by atoms with Gasteiger partial charge in [-0.3, -0.25) is 4.90 Å². The highest BCUT2D eigenvalue weighted by Gasteiger charge is 2.07.